The Balaban J connectivity index is 2.15. The van der Waals surface area contributed by atoms with Crippen LogP contribution in [0, 0.1) is 13.8 Å². The molecule has 0 radical (unpaired) electrons. The summed E-state index contributed by atoms with van der Waals surface area (Å²) >= 11 is 14.4. The first-order valence-electron chi connectivity index (χ1n) is 8.53. The van der Waals surface area contributed by atoms with Crippen molar-refractivity contribution in [2.75, 3.05) is 0 Å². The average molecular weight is 555 g/mol. The summed E-state index contributed by atoms with van der Waals surface area (Å²) in [6.07, 6.45) is 0. The maximum atomic E-state index is 11.6. The number of fused-ring (bicyclic) bond motifs is 2. The molecule has 2 N–H and O–H groups in total. The molecule has 0 aliphatic carbocycles. The molecule has 8 nitrogen and oxygen atoms in total. The van der Waals surface area contributed by atoms with Gasteiger partial charge < -0.3 is 8.37 Å². The highest BCUT2D eigenvalue weighted by Crippen LogP contribution is 2.55. The second-order valence-electron chi connectivity index (χ2n) is 6.74. The minimum atomic E-state index is -4.95. The van der Waals surface area contributed by atoms with Gasteiger partial charge in [-0.2, -0.15) is 16.8 Å². The summed E-state index contributed by atoms with van der Waals surface area (Å²) in [6.45, 7) is 3.49. The second-order valence-corrected chi connectivity index (χ2v) is 11.7. The van der Waals surface area contributed by atoms with Crippen LogP contribution in [0.1, 0.15) is 11.1 Å². The zero-order valence-electron chi connectivity index (χ0n) is 16.0. The van der Waals surface area contributed by atoms with Crippen LogP contribution in [0.25, 0.3) is 29.9 Å². The summed E-state index contributed by atoms with van der Waals surface area (Å²) in [5, 5.41) is 1.18. The first-order valence-corrected chi connectivity index (χ1v) is 13.6. The van der Waals surface area contributed by atoms with Crippen molar-refractivity contribution < 1.29 is 34.3 Å². The van der Waals surface area contributed by atoms with Crippen molar-refractivity contribution in [3.63, 3.8) is 0 Å². The Kier molecular flexibility index (Phi) is 5.87. The molecule has 2 aromatic carbocycles. The third kappa shape index (κ3) is 4.54. The summed E-state index contributed by atoms with van der Waals surface area (Å²) in [5.74, 6) is -0.512. The van der Waals surface area contributed by atoms with Crippen molar-refractivity contribution >= 4 is 86.8 Å². The van der Waals surface area contributed by atoms with Crippen LogP contribution in [-0.4, -0.2) is 25.9 Å². The van der Waals surface area contributed by atoms with Gasteiger partial charge in [-0.05, 0) is 49.2 Å². The zero-order valence-corrected chi connectivity index (χ0v) is 20.8. The predicted octanol–water partition coefficient (Wildman–Crippen LogP) is 6.07. The van der Waals surface area contributed by atoms with Crippen LogP contribution in [0.2, 0.25) is 10.0 Å². The molecule has 0 spiro atoms. The van der Waals surface area contributed by atoms with Gasteiger partial charge in [0.05, 0.1) is 9.75 Å². The van der Waals surface area contributed by atoms with Crippen LogP contribution < -0.4 is 8.37 Å². The summed E-state index contributed by atoms with van der Waals surface area (Å²) in [5.41, 5.74) is 1.39. The van der Waals surface area contributed by atoms with Gasteiger partial charge in [0.2, 0.25) is 0 Å². The highest BCUT2D eigenvalue weighted by Gasteiger charge is 2.29. The molecule has 0 fully saturated rings. The minimum absolute atomic E-state index is 0.151. The number of hydrogen-bond acceptors (Lipinski definition) is 8. The largest absolute Gasteiger partial charge is 0.446 e. The van der Waals surface area contributed by atoms with E-state index in [4.69, 9.17) is 31.6 Å². The fourth-order valence-corrected chi connectivity index (χ4v) is 7.18. The number of aryl methyl sites for hydroxylation is 2. The Morgan fingerprint density at radius 3 is 1.38 bits per heavy atom. The minimum Gasteiger partial charge on any atom is -0.360 e. The lowest BCUT2D eigenvalue weighted by Crippen LogP contribution is -2.08. The molecule has 0 atom stereocenters. The van der Waals surface area contributed by atoms with Gasteiger partial charge in [0, 0.05) is 30.2 Å². The summed E-state index contributed by atoms with van der Waals surface area (Å²) in [7, 11) is -9.90. The fourth-order valence-electron chi connectivity index (χ4n) is 3.28. The highest BCUT2D eigenvalue weighted by molar-refractivity contribution is 7.81. The number of benzene rings is 2. The third-order valence-corrected chi connectivity index (χ3v) is 8.37. The van der Waals surface area contributed by atoms with E-state index in [0.29, 0.717) is 30.6 Å². The molecule has 0 saturated heterocycles. The van der Waals surface area contributed by atoms with Crippen LogP contribution in [0.3, 0.4) is 0 Å². The average Bonchev–Trinajstić information content (AvgIpc) is 3.12. The monoisotopic (exact) mass is 554 g/mol. The SMILES string of the molecule is Cc1cc(Cl)cc2c(OS(=O)(=O)O)c(-c3sc4c(C)cc(Cl)cc4c3OS(=O)(=O)O)sc12. The molecule has 0 aliphatic heterocycles. The Hall–Kier alpha value is -1.64. The second kappa shape index (κ2) is 7.99. The van der Waals surface area contributed by atoms with E-state index in [9.17, 15) is 25.9 Å². The van der Waals surface area contributed by atoms with E-state index in [1.54, 1.807) is 26.0 Å². The van der Waals surface area contributed by atoms with E-state index < -0.39 is 20.8 Å². The van der Waals surface area contributed by atoms with Crippen LogP contribution in [0.5, 0.6) is 11.5 Å². The van der Waals surface area contributed by atoms with Crippen molar-refractivity contribution in [2.45, 2.75) is 13.8 Å². The molecular weight excluding hydrogens is 543 g/mol. The van der Waals surface area contributed by atoms with Crippen molar-refractivity contribution in [3.8, 4) is 21.3 Å². The number of rotatable bonds is 5. The standard InChI is InChI=1S/C18H12Cl2O8S4/c1-7-3-9(19)5-11-13(27-31(21,22)23)17(29-15(7)11)18-14(28-32(24,25)26)12-6-10(20)4-8(2)16(12)30-18/h3-6H,1-2H3,(H,21,22,23)(H,24,25,26). The number of halogens is 2. The molecule has 2 aromatic heterocycles. The quantitative estimate of drug-likeness (QED) is 0.284. The van der Waals surface area contributed by atoms with Crippen molar-refractivity contribution in [1.82, 2.24) is 0 Å². The van der Waals surface area contributed by atoms with E-state index in [0.717, 1.165) is 22.7 Å². The molecule has 170 valence electrons. The molecule has 0 amide bonds. The van der Waals surface area contributed by atoms with E-state index in [1.165, 1.54) is 12.1 Å². The topological polar surface area (TPSA) is 127 Å². The summed E-state index contributed by atoms with van der Waals surface area (Å²) < 4.78 is 76.1. The van der Waals surface area contributed by atoms with Gasteiger partial charge in [0.1, 0.15) is 0 Å². The summed E-state index contributed by atoms with van der Waals surface area (Å²) in [4.78, 5) is 0.303. The van der Waals surface area contributed by atoms with Gasteiger partial charge in [0.25, 0.3) is 0 Å². The highest BCUT2D eigenvalue weighted by atomic mass is 35.5. The number of hydrogen-bond donors (Lipinski definition) is 2. The van der Waals surface area contributed by atoms with Gasteiger partial charge >= 0.3 is 20.8 Å². The van der Waals surface area contributed by atoms with Crippen LogP contribution >= 0.6 is 45.9 Å². The zero-order chi connectivity index (χ0) is 23.6. The molecule has 2 heterocycles. The summed E-state index contributed by atoms with van der Waals surface area (Å²) in [6, 6.07) is 6.24. The molecule has 0 bridgehead atoms. The molecule has 14 heteroatoms. The first-order chi connectivity index (χ1) is 14.7. The Morgan fingerprint density at radius 1 is 0.719 bits per heavy atom. The fraction of sp³-hybridized carbons (Fsp3) is 0.111. The lowest BCUT2D eigenvalue weighted by Gasteiger charge is -2.06. The predicted molar refractivity (Wildman–Crippen MR) is 126 cm³/mol. The lowest BCUT2D eigenvalue weighted by atomic mass is 10.1. The van der Waals surface area contributed by atoms with Crippen LogP contribution in [0.4, 0.5) is 0 Å². The molecule has 0 aliphatic rings. The molecule has 4 aromatic rings. The maximum absolute atomic E-state index is 11.6. The number of thiophene rings is 2. The van der Waals surface area contributed by atoms with Gasteiger partial charge in [-0.15, -0.1) is 22.7 Å². The maximum Gasteiger partial charge on any atom is 0.446 e. The van der Waals surface area contributed by atoms with Crippen molar-refractivity contribution in [1.29, 1.82) is 0 Å². The normalized spacial score (nSPS) is 12.6. The molecule has 32 heavy (non-hydrogen) atoms. The van der Waals surface area contributed by atoms with E-state index >= 15 is 0 Å². The van der Waals surface area contributed by atoms with Crippen LogP contribution in [0.15, 0.2) is 24.3 Å². The molecule has 0 saturated carbocycles. The van der Waals surface area contributed by atoms with Crippen LogP contribution in [-0.2, 0) is 20.8 Å². The lowest BCUT2D eigenvalue weighted by molar-refractivity contribution is 0.385. The third-order valence-electron chi connectivity index (χ3n) is 4.37. The van der Waals surface area contributed by atoms with Crippen molar-refractivity contribution in [3.05, 3.63) is 45.4 Å². The van der Waals surface area contributed by atoms with E-state index in [2.05, 4.69) is 0 Å². The Labute approximate surface area is 200 Å². The molecule has 4 rings (SSSR count). The van der Waals surface area contributed by atoms with E-state index in [1.807, 2.05) is 0 Å². The van der Waals surface area contributed by atoms with Gasteiger partial charge in [0.15, 0.2) is 11.5 Å². The Morgan fingerprint density at radius 2 is 1.06 bits per heavy atom. The Bertz CT molecular complexity index is 1500. The smallest absolute Gasteiger partial charge is 0.360 e. The van der Waals surface area contributed by atoms with Gasteiger partial charge in [-0.25, -0.2) is 0 Å². The van der Waals surface area contributed by atoms with Gasteiger partial charge in [-0.1, -0.05) is 23.2 Å². The first kappa shape index (κ1) is 23.5. The molecular formula is C18H12Cl2O8S4. The van der Waals surface area contributed by atoms with Crippen molar-refractivity contribution in [2.24, 2.45) is 0 Å². The molecule has 0 unspecified atom stereocenters. The van der Waals surface area contributed by atoms with Gasteiger partial charge in [-0.3, -0.25) is 9.11 Å². The van der Waals surface area contributed by atoms with E-state index in [-0.39, 0.29) is 32.0 Å².